The van der Waals surface area contributed by atoms with Gasteiger partial charge in [-0.25, -0.2) is 0 Å². The predicted octanol–water partition coefficient (Wildman–Crippen LogP) is 1.62. The Balaban J connectivity index is 1.92. The van der Waals surface area contributed by atoms with Crippen molar-refractivity contribution in [3.63, 3.8) is 0 Å². The molecule has 2 rings (SSSR count). The van der Waals surface area contributed by atoms with Crippen molar-refractivity contribution in [2.45, 2.75) is 45.1 Å². The van der Waals surface area contributed by atoms with E-state index in [1.165, 1.54) is 38.8 Å². The molecule has 2 aliphatic rings. The number of ether oxygens (including phenoxy) is 1. The first-order valence-corrected chi connectivity index (χ1v) is 6.58. The van der Waals surface area contributed by atoms with Crippen LogP contribution in [0.2, 0.25) is 0 Å². The second-order valence-corrected chi connectivity index (χ2v) is 6.42. The molecule has 0 aliphatic carbocycles. The quantitative estimate of drug-likeness (QED) is 0.777. The van der Waals surface area contributed by atoms with Gasteiger partial charge in [-0.3, -0.25) is 0 Å². The summed E-state index contributed by atoms with van der Waals surface area (Å²) in [4.78, 5) is 2.56. The summed E-state index contributed by atoms with van der Waals surface area (Å²) in [5.74, 6) is 0. The van der Waals surface area contributed by atoms with Crippen LogP contribution >= 0.6 is 0 Å². The third-order valence-electron chi connectivity index (χ3n) is 3.93. The number of nitrogens with two attached hydrogens (primary N) is 1. The van der Waals surface area contributed by atoms with Crippen molar-refractivity contribution >= 4 is 0 Å². The monoisotopic (exact) mass is 226 g/mol. The average Bonchev–Trinajstić information content (AvgIpc) is 2.16. The van der Waals surface area contributed by atoms with Gasteiger partial charge in [-0.1, -0.05) is 0 Å². The topological polar surface area (TPSA) is 38.5 Å². The van der Waals surface area contributed by atoms with Crippen LogP contribution in [0.4, 0.5) is 0 Å². The largest absolute Gasteiger partial charge is 0.381 e. The van der Waals surface area contributed by atoms with E-state index in [2.05, 4.69) is 18.7 Å². The first-order valence-electron chi connectivity index (χ1n) is 6.58. The second-order valence-electron chi connectivity index (χ2n) is 6.42. The summed E-state index contributed by atoms with van der Waals surface area (Å²) in [5.41, 5.74) is 6.60. The predicted molar refractivity (Wildman–Crippen MR) is 66.4 cm³/mol. The zero-order valence-electron chi connectivity index (χ0n) is 10.8. The van der Waals surface area contributed by atoms with E-state index in [9.17, 15) is 0 Å². The number of rotatable bonds is 2. The Morgan fingerprint density at radius 3 is 2.56 bits per heavy atom. The van der Waals surface area contributed by atoms with Crippen molar-refractivity contribution < 1.29 is 4.74 Å². The SMILES string of the molecule is CC(C)(N)CN1CCCC2(CCOCC2)C1. The molecule has 1 spiro atoms. The molecule has 2 heterocycles. The van der Waals surface area contributed by atoms with Crippen LogP contribution in [0.25, 0.3) is 0 Å². The van der Waals surface area contributed by atoms with Gasteiger partial charge in [0.1, 0.15) is 0 Å². The molecule has 0 bridgehead atoms. The minimum absolute atomic E-state index is 0.0658. The summed E-state index contributed by atoms with van der Waals surface area (Å²) in [6.07, 6.45) is 5.21. The molecule has 0 aromatic carbocycles. The molecule has 2 N–H and O–H groups in total. The lowest BCUT2D eigenvalue weighted by atomic mass is 9.73. The van der Waals surface area contributed by atoms with Gasteiger partial charge < -0.3 is 15.4 Å². The minimum atomic E-state index is -0.0658. The molecule has 0 radical (unpaired) electrons. The highest BCUT2D eigenvalue weighted by molar-refractivity contribution is 4.91. The molecule has 0 aromatic heterocycles. The number of likely N-dealkylation sites (tertiary alicyclic amines) is 1. The van der Waals surface area contributed by atoms with Gasteiger partial charge in [-0.2, -0.15) is 0 Å². The van der Waals surface area contributed by atoms with Gasteiger partial charge in [0, 0.05) is 31.8 Å². The summed E-state index contributed by atoms with van der Waals surface area (Å²) >= 11 is 0. The molecule has 0 amide bonds. The smallest absolute Gasteiger partial charge is 0.0471 e. The Morgan fingerprint density at radius 1 is 1.25 bits per heavy atom. The zero-order valence-corrected chi connectivity index (χ0v) is 10.8. The maximum Gasteiger partial charge on any atom is 0.0471 e. The average molecular weight is 226 g/mol. The van der Waals surface area contributed by atoms with Crippen LogP contribution in [0.3, 0.4) is 0 Å². The minimum Gasteiger partial charge on any atom is -0.381 e. The van der Waals surface area contributed by atoms with E-state index in [-0.39, 0.29) is 5.54 Å². The van der Waals surface area contributed by atoms with E-state index in [0.29, 0.717) is 5.41 Å². The summed E-state index contributed by atoms with van der Waals surface area (Å²) in [5, 5.41) is 0. The fourth-order valence-electron chi connectivity index (χ4n) is 3.23. The van der Waals surface area contributed by atoms with Crippen molar-refractivity contribution in [1.29, 1.82) is 0 Å². The van der Waals surface area contributed by atoms with Crippen molar-refractivity contribution in [1.82, 2.24) is 4.90 Å². The van der Waals surface area contributed by atoms with Crippen molar-refractivity contribution in [3.8, 4) is 0 Å². The Kier molecular flexibility index (Phi) is 3.57. The second kappa shape index (κ2) is 4.63. The number of nitrogens with zero attached hydrogens (tertiary/aromatic N) is 1. The lowest BCUT2D eigenvalue weighted by Gasteiger charge is -2.46. The first-order chi connectivity index (χ1) is 7.49. The van der Waals surface area contributed by atoms with E-state index in [1.54, 1.807) is 0 Å². The Labute approximate surface area is 99.3 Å². The first kappa shape index (κ1) is 12.3. The maximum atomic E-state index is 6.12. The van der Waals surface area contributed by atoms with Gasteiger partial charge in [0.2, 0.25) is 0 Å². The lowest BCUT2D eigenvalue weighted by Crippen LogP contribution is -2.52. The number of hydrogen-bond acceptors (Lipinski definition) is 3. The summed E-state index contributed by atoms with van der Waals surface area (Å²) in [6, 6.07) is 0. The molecular formula is C13H26N2O. The number of piperidine rings is 1. The number of hydrogen-bond donors (Lipinski definition) is 1. The van der Waals surface area contributed by atoms with Crippen LogP contribution in [0.5, 0.6) is 0 Å². The molecule has 0 unspecified atom stereocenters. The molecular weight excluding hydrogens is 200 g/mol. The Hall–Kier alpha value is -0.120. The van der Waals surface area contributed by atoms with Crippen molar-refractivity contribution in [2.24, 2.45) is 11.1 Å². The molecule has 2 fully saturated rings. The maximum absolute atomic E-state index is 6.12. The summed E-state index contributed by atoms with van der Waals surface area (Å²) in [7, 11) is 0. The summed E-state index contributed by atoms with van der Waals surface area (Å²) in [6.45, 7) is 9.64. The van der Waals surface area contributed by atoms with Gasteiger partial charge in [-0.15, -0.1) is 0 Å². The van der Waals surface area contributed by atoms with E-state index >= 15 is 0 Å². The third-order valence-corrected chi connectivity index (χ3v) is 3.93. The zero-order chi connectivity index (χ0) is 11.6. The molecule has 0 aromatic rings. The van der Waals surface area contributed by atoms with Gasteiger partial charge >= 0.3 is 0 Å². The highest BCUT2D eigenvalue weighted by Gasteiger charge is 2.37. The molecule has 94 valence electrons. The van der Waals surface area contributed by atoms with E-state index in [1.807, 2.05) is 0 Å². The standard InChI is InChI=1S/C13H26N2O/c1-12(2,14)10-15-7-3-4-13(11-15)5-8-16-9-6-13/h3-11,14H2,1-2H3. The van der Waals surface area contributed by atoms with Gasteiger partial charge in [0.05, 0.1) is 0 Å². The normalized spacial score (nSPS) is 27.2. The molecule has 0 atom stereocenters. The molecule has 3 heteroatoms. The van der Waals surface area contributed by atoms with Crippen LogP contribution in [0.15, 0.2) is 0 Å². The van der Waals surface area contributed by atoms with E-state index < -0.39 is 0 Å². The van der Waals surface area contributed by atoms with Crippen LogP contribution in [-0.4, -0.2) is 43.3 Å². The van der Waals surface area contributed by atoms with Crippen molar-refractivity contribution in [2.75, 3.05) is 32.8 Å². The molecule has 2 aliphatic heterocycles. The molecule has 3 nitrogen and oxygen atoms in total. The van der Waals surface area contributed by atoms with Gasteiger partial charge in [0.15, 0.2) is 0 Å². The van der Waals surface area contributed by atoms with Crippen LogP contribution < -0.4 is 5.73 Å². The molecule has 16 heavy (non-hydrogen) atoms. The molecule has 2 saturated heterocycles. The molecule has 0 saturated carbocycles. The Morgan fingerprint density at radius 2 is 1.94 bits per heavy atom. The van der Waals surface area contributed by atoms with Crippen LogP contribution in [-0.2, 0) is 4.74 Å². The fourth-order valence-corrected chi connectivity index (χ4v) is 3.23. The summed E-state index contributed by atoms with van der Waals surface area (Å²) < 4.78 is 5.49. The third kappa shape index (κ3) is 3.19. The van der Waals surface area contributed by atoms with E-state index in [0.717, 1.165) is 19.8 Å². The Bertz CT molecular complexity index is 223. The lowest BCUT2D eigenvalue weighted by molar-refractivity contribution is -0.0303. The van der Waals surface area contributed by atoms with Gasteiger partial charge in [0.25, 0.3) is 0 Å². The van der Waals surface area contributed by atoms with Crippen LogP contribution in [0.1, 0.15) is 39.5 Å². The van der Waals surface area contributed by atoms with Gasteiger partial charge in [-0.05, 0) is 51.5 Å². The fraction of sp³-hybridized carbons (Fsp3) is 1.00. The highest BCUT2D eigenvalue weighted by Crippen LogP contribution is 2.39. The van der Waals surface area contributed by atoms with E-state index in [4.69, 9.17) is 10.5 Å². The van der Waals surface area contributed by atoms with Crippen LogP contribution in [0, 0.1) is 5.41 Å². The highest BCUT2D eigenvalue weighted by atomic mass is 16.5. The van der Waals surface area contributed by atoms with Crippen molar-refractivity contribution in [3.05, 3.63) is 0 Å².